The van der Waals surface area contributed by atoms with Gasteiger partial charge < -0.3 is 14.6 Å². The quantitative estimate of drug-likeness (QED) is 0.426. The standard InChI is InChI=1S/C27H26N4O2/c1-18-15-16-31(17-18)23-13-11-22(12-14-23)28-25(32)20-7-9-21(10-8-20)26-29-30-27(33-26)24-6-4-3-5-19(24)2/h3-14,18H,15-17H2,1-2H3,(H,28,32). The van der Waals surface area contributed by atoms with Crippen LogP contribution in [0.25, 0.3) is 22.9 Å². The van der Waals surface area contributed by atoms with E-state index in [-0.39, 0.29) is 5.91 Å². The fourth-order valence-electron chi connectivity index (χ4n) is 4.15. The van der Waals surface area contributed by atoms with E-state index in [2.05, 4.69) is 39.5 Å². The number of anilines is 2. The van der Waals surface area contributed by atoms with Gasteiger partial charge in [0.1, 0.15) is 0 Å². The number of hydrogen-bond acceptors (Lipinski definition) is 5. The first kappa shape index (κ1) is 20.9. The molecule has 1 atom stereocenters. The number of aromatic nitrogens is 2. The number of hydrogen-bond donors (Lipinski definition) is 1. The van der Waals surface area contributed by atoms with E-state index in [9.17, 15) is 4.79 Å². The fraction of sp³-hybridized carbons (Fsp3) is 0.222. The number of amides is 1. The maximum atomic E-state index is 12.7. The molecule has 1 aliphatic rings. The van der Waals surface area contributed by atoms with E-state index in [4.69, 9.17) is 4.42 Å². The molecule has 3 aromatic carbocycles. The largest absolute Gasteiger partial charge is 0.416 e. The minimum atomic E-state index is -0.157. The normalized spacial score (nSPS) is 15.6. The SMILES string of the molecule is Cc1ccccc1-c1nnc(-c2ccc(C(=O)Nc3ccc(N4CCC(C)C4)cc3)cc2)o1. The van der Waals surface area contributed by atoms with E-state index >= 15 is 0 Å². The molecule has 4 aromatic rings. The van der Waals surface area contributed by atoms with E-state index in [1.807, 2.05) is 55.5 Å². The molecule has 0 aliphatic carbocycles. The van der Waals surface area contributed by atoms with Crippen molar-refractivity contribution in [3.05, 3.63) is 83.9 Å². The fourth-order valence-corrected chi connectivity index (χ4v) is 4.15. The first-order valence-corrected chi connectivity index (χ1v) is 11.2. The molecule has 1 amide bonds. The lowest BCUT2D eigenvalue weighted by Crippen LogP contribution is -2.19. The van der Waals surface area contributed by atoms with E-state index in [1.54, 1.807) is 12.1 Å². The third-order valence-corrected chi connectivity index (χ3v) is 6.11. The second-order valence-electron chi connectivity index (χ2n) is 8.65. The minimum Gasteiger partial charge on any atom is -0.416 e. The highest BCUT2D eigenvalue weighted by Gasteiger charge is 2.19. The van der Waals surface area contributed by atoms with E-state index < -0.39 is 0 Å². The molecule has 1 aliphatic heterocycles. The Morgan fingerprint density at radius 2 is 1.70 bits per heavy atom. The van der Waals surface area contributed by atoms with Crippen LogP contribution in [0, 0.1) is 12.8 Å². The second kappa shape index (κ2) is 8.90. The van der Waals surface area contributed by atoms with E-state index in [0.29, 0.717) is 17.3 Å². The van der Waals surface area contributed by atoms with Gasteiger partial charge in [0.25, 0.3) is 5.91 Å². The summed E-state index contributed by atoms with van der Waals surface area (Å²) in [6, 6.07) is 23.1. The van der Waals surface area contributed by atoms with Crippen LogP contribution in [-0.4, -0.2) is 29.2 Å². The third-order valence-electron chi connectivity index (χ3n) is 6.11. The Morgan fingerprint density at radius 3 is 2.39 bits per heavy atom. The summed E-state index contributed by atoms with van der Waals surface area (Å²) >= 11 is 0. The molecule has 166 valence electrons. The molecule has 1 unspecified atom stereocenters. The summed E-state index contributed by atoms with van der Waals surface area (Å²) in [7, 11) is 0. The number of carbonyl (C=O) groups is 1. The van der Waals surface area contributed by atoms with Crippen molar-refractivity contribution < 1.29 is 9.21 Å². The molecular weight excluding hydrogens is 412 g/mol. The lowest BCUT2D eigenvalue weighted by atomic mass is 10.1. The molecule has 6 nitrogen and oxygen atoms in total. The molecule has 1 aromatic heterocycles. The molecule has 1 fully saturated rings. The van der Waals surface area contributed by atoms with Crippen LogP contribution in [0.4, 0.5) is 11.4 Å². The van der Waals surface area contributed by atoms with Gasteiger partial charge in [0.15, 0.2) is 0 Å². The van der Waals surface area contributed by atoms with Crippen molar-refractivity contribution in [1.82, 2.24) is 10.2 Å². The zero-order valence-electron chi connectivity index (χ0n) is 18.8. The molecule has 5 rings (SSSR count). The highest BCUT2D eigenvalue weighted by Crippen LogP contribution is 2.27. The van der Waals surface area contributed by atoms with Gasteiger partial charge in [0.2, 0.25) is 11.8 Å². The zero-order chi connectivity index (χ0) is 22.8. The number of nitrogens with one attached hydrogen (secondary N) is 1. The Balaban J connectivity index is 1.25. The number of benzene rings is 3. The molecule has 0 bridgehead atoms. The van der Waals surface area contributed by atoms with Gasteiger partial charge in [-0.3, -0.25) is 4.79 Å². The predicted octanol–water partition coefficient (Wildman–Crippen LogP) is 5.81. The van der Waals surface area contributed by atoms with Gasteiger partial charge in [-0.2, -0.15) is 0 Å². The molecule has 33 heavy (non-hydrogen) atoms. The molecule has 0 saturated carbocycles. The van der Waals surface area contributed by atoms with Crippen molar-refractivity contribution in [2.24, 2.45) is 5.92 Å². The summed E-state index contributed by atoms with van der Waals surface area (Å²) in [5.74, 6) is 1.48. The van der Waals surface area contributed by atoms with Crippen molar-refractivity contribution in [2.45, 2.75) is 20.3 Å². The van der Waals surface area contributed by atoms with Crippen molar-refractivity contribution in [2.75, 3.05) is 23.3 Å². The minimum absolute atomic E-state index is 0.157. The van der Waals surface area contributed by atoms with Gasteiger partial charge in [-0.25, -0.2) is 0 Å². The highest BCUT2D eigenvalue weighted by atomic mass is 16.4. The van der Waals surface area contributed by atoms with Crippen LogP contribution < -0.4 is 10.2 Å². The number of nitrogens with zero attached hydrogens (tertiary/aromatic N) is 3. The van der Waals surface area contributed by atoms with Crippen LogP contribution in [0.3, 0.4) is 0 Å². The summed E-state index contributed by atoms with van der Waals surface area (Å²) in [6.45, 7) is 6.46. The summed E-state index contributed by atoms with van der Waals surface area (Å²) in [5, 5.41) is 11.3. The van der Waals surface area contributed by atoms with Gasteiger partial charge in [-0.1, -0.05) is 25.1 Å². The Hall–Kier alpha value is -3.93. The van der Waals surface area contributed by atoms with Gasteiger partial charge in [0, 0.05) is 41.2 Å². The maximum absolute atomic E-state index is 12.7. The summed E-state index contributed by atoms with van der Waals surface area (Å²) in [4.78, 5) is 15.1. The van der Waals surface area contributed by atoms with Crippen molar-refractivity contribution in [3.8, 4) is 22.9 Å². The van der Waals surface area contributed by atoms with Gasteiger partial charge in [-0.15, -0.1) is 10.2 Å². The smallest absolute Gasteiger partial charge is 0.255 e. The van der Waals surface area contributed by atoms with Crippen molar-refractivity contribution in [1.29, 1.82) is 0 Å². The number of rotatable bonds is 5. The monoisotopic (exact) mass is 438 g/mol. The number of aryl methyl sites for hydroxylation is 1. The molecule has 1 saturated heterocycles. The first-order valence-electron chi connectivity index (χ1n) is 11.2. The summed E-state index contributed by atoms with van der Waals surface area (Å²) in [6.07, 6.45) is 1.23. The first-order chi connectivity index (χ1) is 16.1. The van der Waals surface area contributed by atoms with Gasteiger partial charge in [0.05, 0.1) is 0 Å². The Kier molecular flexibility index (Phi) is 5.65. The molecular formula is C27H26N4O2. The molecule has 1 N–H and O–H groups in total. The third kappa shape index (κ3) is 4.51. The van der Waals surface area contributed by atoms with Crippen LogP contribution in [0.15, 0.2) is 77.2 Å². The van der Waals surface area contributed by atoms with Crippen LogP contribution in [-0.2, 0) is 0 Å². The van der Waals surface area contributed by atoms with Crippen LogP contribution in [0.1, 0.15) is 29.3 Å². The Bertz CT molecular complexity index is 1260. The van der Waals surface area contributed by atoms with Gasteiger partial charge in [-0.05, 0) is 79.4 Å². The van der Waals surface area contributed by atoms with Crippen LogP contribution >= 0.6 is 0 Å². The lowest BCUT2D eigenvalue weighted by molar-refractivity contribution is 0.102. The van der Waals surface area contributed by atoms with Crippen LogP contribution in [0.2, 0.25) is 0 Å². The molecule has 0 spiro atoms. The average molecular weight is 439 g/mol. The second-order valence-corrected chi connectivity index (χ2v) is 8.65. The Morgan fingerprint density at radius 1 is 0.970 bits per heavy atom. The molecule has 0 radical (unpaired) electrons. The zero-order valence-corrected chi connectivity index (χ0v) is 18.8. The summed E-state index contributed by atoms with van der Waals surface area (Å²) < 4.78 is 5.87. The summed E-state index contributed by atoms with van der Waals surface area (Å²) in [5.41, 5.74) is 5.30. The van der Waals surface area contributed by atoms with Gasteiger partial charge >= 0.3 is 0 Å². The topological polar surface area (TPSA) is 71.3 Å². The highest BCUT2D eigenvalue weighted by molar-refractivity contribution is 6.04. The van der Waals surface area contributed by atoms with E-state index in [0.717, 1.165) is 41.4 Å². The van der Waals surface area contributed by atoms with Crippen molar-refractivity contribution >= 4 is 17.3 Å². The number of carbonyl (C=O) groups excluding carboxylic acids is 1. The maximum Gasteiger partial charge on any atom is 0.255 e. The molecule has 6 heteroatoms. The van der Waals surface area contributed by atoms with Crippen molar-refractivity contribution in [3.63, 3.8) is 0 Å². The average Bonchev–Trinajstić information content (AvgIpc) is 3.50. The molecule has 2 heterocycles. The Labute approximate surface area is 193 Å². The van der Waals surface area contributed by atoms with E-state index in [1.165, 1.54) is 12.1 Å². The lowest BCUT2D eigenvalue weighted by Gasteiger charge is -2.18. The van der Waals surface area contributed by atoms with Crippen LogP contribution in [0.5, 0.6) is 0 Å². The predicted molar refractivity (Wildman–Crippen MR) is 130 cm³/mol.